The van der Waals surface area contributed by atoms with Crippen molar-refractivity contribution in [2.75, 3.05) is 0 Å². The number of unbranched alkanes of at least 4 members (excludes halogenated alkanes) is 1. The standard InChI is InChI=1S/C11H20O/c1-10(6-4-5-9-12)11-7-2-3-8-11/h9-11H,2-8H2,1H3. The van der Waals surface area contributed by atoms with Crippen molar-refractivity contribution in [2.45, 2.75) is 51.9 Å². The lowest BCUT2D eigenvalue weighted by Gasteiger charge is -2.17. The van der Waals surface area contributed by atoms with Crippen LogP contribution < -0.4 is 0 Å². The Labute approximate surface area is 75.5 Å². The fourth-order valence-corrected chi connectivity index (χ4v) is 2.29. The molecule has 1 aliphatic rings. The molecule has 1 heteroatoms. The van der Waals surface area contributed by atoms with Gasteiger partial charge >= 0.3 is 0 Å². The van der Waals surface area contributed by atoms with Crippen LogP contribution in [0.1, 0.15) is 51.9 Å². The smallest absolute Gasteiger partial charge is 0.119 e. The molecule has 0 radical (unpaired) electrons. The first kappa shape index (κ1) is 9.76. The fourth-order valence-electron chi connectivity index (χ4n) is 2.29. The minimum absolute atomic E-state index is 0.761. The fraction of sp³-hybridized carbons (Fsp3) is 0.909. The number of aldehydes is 1. The molecule has 0 aromatic rings. The highest BCUT2D eigenvalue weighted by atomic mass is 16.1. The van der Waals surface area contributed by atoms with Crippen LogP contribution in [-0.2, 0) is 4.79 Å². The molecule has 0 aromatic carbocycles. The summed E-state index contributed by atoms with van der Waals surface area (Å²) < 4.78 is 0. The van der Waals surface area contributed by atoms with Crippen molar-refractivity contribution in [2.24, 2.45) is 11.8 Å². The molecule has 0 amide bonds. The lowest BCUT2D eigenvalue weighted by molar-refractivity contribution is -0.108. The van der Waals surface area contributed by atoms with Crippen LogP contribution >= 0.6 is 0 Å². The van der Waals surface area contributed by atoms with Gasteiger partial charge in [0.2, 0.25) is 0 Å². The predicted molar refractivity (Wildman–Crippen MR) is 51.0 cm³/mol. The molecule has 0 N–H and O–H groups in total. The highest BCUT2D eigenvalue weighted by Gasteiger charge is 2.20. The third kappa shape index (κ3) is 2.96. The number of rotatable bonds is 5. The topological polar surface area (TPSA) is 17.1 Å². The maximum Gasteiger partial charge on any atom is 0.119 e. The van der Waals surface area contributed by atoms with Crippen LogP contribution in [0.25, 0.3) is 0 Å². The molecular formula is C11H20O. The van der Waals surface area contributed by atoms with Crippen molar-refractivity contribution in [3.63, 3.8) is 0 Å². The van der Waals surface area contributed by atoms with Gasteiger partial charge in [0.05, 0.1) is 0 Å². The number of carbonyl (C=O) groups is 1. The molecule has 12 heavy (non-hydrogen) atoms. The van der Waals surface area contributed by atoms with E-state index >= 15 is 0 Å². The molecule has 0 bridgehead atoms. The summed E-state index contributed by atoms with van der Waals surface area (Å²) in [5.41, 5.74) is 0. The molecule has 1 aliphatic carbocycles. The molecule has 0 saturated heterocycles. The van der Waals surface area contributed by atoms with E-state index in [1.165, 1.54) is 32.1 Å². The molecule has 1 nitrogen and oxygen atoms in total. The van der Waals surface area contributed by atoms with Gasteiger partial charge in [-0.05, 0) is 18.3 Å². The van der Waals surface area contributed by atoms with E-state index in [2.05, 4.69) is 6.92 Å². The minimum atomic E-state index is 0.761. The second-order valence-electron chi connectivity index (χ2n) is 4.12. The Bertz CT molecular complexity index is 125. The molecule has 1 rings (SSSR count). The predicted octanol–water partition coefficient (Wildman–Crippen LogP) is 3.18. The van der Waals surface area contributed by atoms with Crippen molar-refractivity contribution in [3.8, 4) is 0 Å². The number of hydrogen-bond donors (Lipinski definition) is 0. The number of carbonyl (C=O) groups excluding carboxylic acids is 1. The van der Waals surface area contributed by atoms with E-state index in [1.54, 1.807) is 0 Å². The maximum absolute atomic E-state index is 10.1. The Balaban J connectivity index is 2.09. The average Bonchev–Trinajstić information content (AvgIpc) is 2.56. The molecule has 1 saturated carbocycles. The van der Waals surface area contributed by atoms with E-state index in [1.807, 2.05) is 0 Å². The monoisotopic (exact) mass is 168 g/mol. The first-order valence-electron chi connectivity index (χ1n) is 5.28. The largest absolute Gasteiger partial charge is 0.303 e. The first-order valence-corrected chi connectivity index (χ1v) is 5.28. The van der Waals surface area contributed by atoms with Crippen LogP contribution in [0.5, 0.6) is 0 Å². The van der Waals surface area contributed by atoms with E-state index in [0.717, 1.165) is 31.0 Å². The van der Waals surface area contributed by atoms with Crippen LogP contribution in [0, 0.1) is 11.8 Å². The Morgan fingerprint density at radius 3 is 2.67 bits per heavy atom. The molecule has 1 fully saturated rings. The summed E-state index contributed by atoms with van der Waals surface area (Å²) in [6.07, 6.45) is 9.89. The first-order chi connectivity index (χ1) is 5.84. The van der Waals surface area contributed by atoms with E-state index in [9.17, 15) is 4.79 Å². The van der Waals surface area contributed by atoms with Crippen LogP contribution in [-0.4, -0.2) is 6.29 Å². The normalized spacial score (nSPS) is 21.1. The summed E-state index contributed by atoms with van der Waals surface area (Å²) in [7, 11) is 0. The quantitative estimate of drug-likeness (QED) is 0.455. The van der Waals surface area contributed by atoms with Gasteiger partial charge < -0.3 is 4.79 Å². The van der Waals surface area contributed by atoms with Crippen LogP contribution in [0.15, 0.2) is 0 Å². The van der Waals surface area contributed by atoms with E-state index < -0.39 is 0 Å². The van der Waals surface area contributed by atoms with Gasteiger partial charge in [-0.2, -0.15) is 0 Å². The van der Waals surface area contributed by atoms with Gasteiger partial charge in [-0.15, -0.1) is 0 Å². The highest BCUT2D eigenvalue weighted by Crippen LogP contribution is 2.33. The van der Waals surface area contributed by atoms with Crippen molar-refractivity contribution < 1.29 is 4.79 Å². The zero-order chi connectivity index (χ0) is 8.81. The summed E-state index contributed by atoms with van der Waals surface area (Å²) >= 11 is 0. The van der Waals surface area contributed by atoms with Crippen molar-refractivity contribution in [1.82, 2.24) is 0 Å². The second kappa shape index (κ2) is 5.34. The molecule has 0 spiro atoms. The van der Waals surface area contributed by atoms with Crippen LogP contribution in [0.2, 0.25) is 0 Å². The molecule has 1 unspecified atom stereocenters. The highest BCUT2D eigenvalue weighted by molar-refractivity contribution is 5.48. The summed E-state index contributed by atoms with van der Waals surface area (Å²) in [5, 5.41) is 0. The third-order valence-corrected chi connectivity index (χ3v) is 3.19. The zero-order valence-corrected chi connectivity index (χ0v) is 8.09. The van der Waals surface area contributed by atoms with Gasteiger partial charge in [0.15, 0.2) is 0 Å². The lowest BCUT2D eigenvalue weighted by atomic mass is 9.88. The van der Waals surface area contributed by atoms with Gasteiger partial charge in [-0.1, -0.05) is 39.0 Å². The lowest BCUT2D eigenvalue weighted by Crippen LogP contribution is -2.07. The molecule has 0 heterocycles. The molecule has 1 atom stereocenters. The van der Waals surface area contributed by atoms with Crippen molar-refractivity contribution in [3.05, 3.63) is 0 Å². The Morgan fingerprint density at radius 2 is 2.08 bits per heavy atom. The third-order valence-electron chi connectivity index (χ3n) is 3.19. The summed E-state index contributed by atoms with van der Waals surface area (Å²) in [6.45, 7) is 2.35. The minimum Gasteiger partial charge on any atom is -0.303 e. The average molecular weight is 168 g/mol. The molecule has 0 aromatic heterocycles. The van der Waals surface area contributed by atoms with E-state index in [-0.39, 0.29) is 0 Å². The second-order valence-corrected chi connectivity index (χ2v) is 4.12. The van der Waals surface area contributed by atoms with Crippen molar-refractivity contribution in [1.29, 1.82) is 0 Å². The SMILES string of the molecule is CC(CCCC=O)C1CCCC1. The molecule has 70 valence electrons. The zero-order valence-electron chi connectivity index (χ0n) is 8.09. The number of hydrogen-bond acceptors (Lipinski definition) is 1. The summed E-state index contributed by atoms with van der Waals surface area (Å²) in [6, 6.07) is 0. The Hall–Kier alpha value is -0.330. The van der Waals surface area contributed by atoms with Gasteiger partial charge in [0.25, 0.3) is 0 Å². The summed E-state index contributed by atoms with van der Waals surface area (Å²) in [4.78, 5) is 10.1. The van der Waals surface area contributed by atoms with Gasteiger partial charge in [0, 0.05) is 6.42 Å². The Kier molecular flexibility index (Phi) is 4.34. The van der Waals surface area contributed by atoms with E-state index in [4.69, 9.17) is 0 Å². The maximum atomic E-state index is 10.1. The van der Waals surface area contributed by atoms with Crippen LogP contribution in [0.3, 0.4) is 0 Å². The van der Waals surface area contributed by atoms with Gasteiger partial charge in [-0.25, -0.2) is 0 Å². The van der Waals surface area contributed by atoms with Crippen molar-refractivity contribution >= 4 is 6.29 Å². The van der Waals surface area contributed by atoms with E-state index in [0.29, 0.717) is 0 Å². The summed E-state index contributed by atoms with van der Waals surface area (Å²) in [5.74, 6) is 1.82. The Morgan fingerprint density at radius 1 is 1.42 bits per heavy atom. The van der Waals surface area contributed by atoms with Gasteiger partial charge in [-0.3, -0.25) is 0 Å². The molecule has 0 aliphatic heterocycles. The molecular weight excluding hydrogens is 148 g/mol. The van der Waals surface area contributed by atoms with Crippen LogP contribution in [0.4, 0.5) is 0 Å². The van der Waals surface area contributed by atoms with Gasteiger partial charge in [0.1, 0.15) is 6.29 Å².